The van der Waals surface area contributed by atoms with Gasteiger partial charge in [0.15, 0.2) is 0 Å². The van der Waals surface area contributed by atoms with Crippen molar-refractivity contribution in [1.82, 2.24) is 0 Å². The Kier molecular flexibility index (Phi) is 3.34. The molecule has 0 bridgehead atoms. The van der Waals surface area contributed by atoms with Gasteiger partial charge in [-0.05, 0) is 31.1 Å². The van der Waals surface area contributed by atoms with Gasteiger partial charge in [-0.15, -0.1) is 0 Å². The molecule has 1 saturated carbocycles. The van der Waals surface area contributed by atoms with E-state index in [9.17, 15) is 0 Å². The first-order chi connectivity index (χ1) is 5.27. The fourth-order valence-electron chi connectivity index (χ4n) is 1.97. The molecule has 0 spiro atoms. The van der Waals surface area contributed by atoms with Crippen LogP contribution >= 0.6 is 0 Å². The van der Waals surface area contributed by atoms with E-state index >= 15 is 0 Å². The third-order valence-electron chi connectivity index (χ3n) is 2.96. The smallest absolute Gasteiger partial charge is 0.0474 e. The lowest BCUT2D eigenvalue weighted by molar-refractivity contribution is 0.139. The van der Waals surface area contributed by atoms with Crippen LogP contribution in [-0.2, 0) is 0 Å². The van der Waals surface area contributed by atoms with Crippen LogP contribution in [0.4, 0.5) is 0 Å². The van der Waals surface area contributed by atoms with Crippen LogP contribution in [0.1, 0.15) is 32.6 Å². The Balaban J connectivity index is 2.37. The summed E-state index contributed by atoms with van der Waals surface area (Å²) in [5.74, 6) is 1.18. The lowest BCUT2D eigenvalue weighted by Crippen LogP contribution is -2.37. The Morgan fingerprint density at radius 1 is 1.45 bits per heavy atom. The SMILES string of the molecule is CCC1CCC(N)C(CO)C1. The third kappa shape index (κ3) is 2.17. The molecule has 1 aliphatic carbocycles. The maximum absolute atomic E-state index is 8.99. The summed E-state index contributed by atoms with van der Waals surface area (Å²) in [5.41, 5.74) is 5.85. The Labute approximate surface area is 68.8 Å². The highest BCUT2D eigenvalue weighted by atomic mass is 16.3. The topological polar surface area (TPSA) is 46.2 Å². The van der Waals surface area contributed by atoms with Crippen molar-refractivity contribution in [3.05, 3.63) is 0 Å². The second-order valence-corrected chi connectivity index (χ2v) is 3.69. The maximum atomic E-state index is 8.99. The minimum Gasteiger partial charge on any atom is -0.396 e. The number of nitrogens with two attached hydrogens (primary N) is 1. The summed E-state index contributed by atoms with van der Waals surface area (Å²) in [6.07, 6.45) is 4.73. The van der Waals surface area contributed by atoms with E-state index < -0.39 is 0 Å². The molecule has 1 rings (SSSR count). The molecule has 2 nitrogen and oxygen atoms in total. The maximum Gasteiger partial charge on any atom is 0.0474 e. The van der Waals surface area contributed by atoms with Gasteiger partial charge in [-0.1, -0.05) is 13.3 Å². The molecule has 0 aromatic rings. The number of hydrogen-bond acceptors (Lipinski definition) is 2. The number of aliphatic hydroxyl groups is 1. The molecular formula is C9H19NO. The minimum atomic E-state index is 0.253. The average Bonchev–Trinajstić information content (AvgIpc) is 2.05. The van der Waals surface area contributed by atoms with Gasteiger partial charge in [0, 0.05) is 12.6 Å². The fraction of sp³-hybridized carbons (Fsp3) is 1.00. The molecule has 3 unspecified atom stereocenters. The first-order valence-corrected chi connectivity index (χ1v) is 4.64. The van der Waals surface area contributed by atoms with Gasteiger partial charge in [0.2, 0.25) is 0 Å². The van der Waals surface area contributed by atoms with Crippen LogP contribution < -0.4 is 5.73 Å². The van der Waals surface area contributed by atoms with Gasteiger partial charge in [0.05, 0.1) is 0 Å². The lowest BCUT2D eigenvalue weighted by Gasteiger charge is -2.32. The van der Waals surface area contributed by atoms with Crippen molar-refractivity contribution in [3.8, 4) is 0 Å². The molecule has 3 N–H and O–H groups in total. The van der Waals surface area contributed by atoms with Crippen LogP contribution in [0.3, 0.4) is 0 Å². The first-order valence-electron chi connectivity index (χ1n) is 4.64. The van der Waals surface area contributed by atoms with E-state index in [2.05, 4.69) is 6.92 Å². The summed E-state index contributed by atoms with van der Waals surface area (Å²) in [6, 6.07) is 0.253. The van der Waals surface area contributed by atoms with Crippen LogP contribution in [0.15, 0.2) is 0 Å². The normalized spacial score (nSPS) is 39.0. The molecule has 0 radical (unpaired) electrons. The standard InChI is InChI=1S/C9H19NO/c1-2-7-3-4-9(10)8(5-7)6-11/h7-9,11H,2-6,10H2,1H3. The number of aliphatic hydroxyl groups excluding tert-OH is 1. The molecule has 0 saturated heterocycles. The predicted molar refractivity (Wildman–Crippen MR) is 46.2 cm³/mol. The summed E-state index contributed by atoms with van der Waals surface area (Å²) in [5, 5.41) is 8.99. The quantitative estimate of drug-likeness (QED) is 0.631. The van der Waals surface area contributed by atoms with E-state index in [1.54, 1.807) is 0 Å². The molecule has 66 valence electrons. The predicted octanol–water partition coefficient (Wildman–Crippen LogP) is 1.13. The summed E-state index contributed by atoms with van der Waals surface area (Å²) in [4.78, 5) is 0. The van der Waals surface area contributed by atoms with Gasteiger partial charge in [-0.2, -0.15) is 0 Å². The lowest BCUT2D eigenvalue weighted by atomic mass is 9.78. The van der Waals surface area contributed by atoms with Crippen molar-refractivity contribution in [3.63, 3.8) is 0 Å². The molecule has 0 aromatic heterocycles. The molecule has 0 heterocycles. The van der Waals surface area contributed by atoms with E-state index in [-0.39, 0.29) is 12.6 Å². The average molecular weight is 157 g/mol. The van der Waals surface area contributed by atoms with Crippen LogP contribution in [0.5, 0.6) is 0 Å². The van der Waals surface area contributed by atoms with Crippen LogP contribution in [0.2, 0.25) is 0 Å². The van der Waals surface area contributed by atoms with Crippen molar-refractivity contribution >= 4 is 0 Å². The van der Waals surface area contributed by atoms with Crippen LogP contribution in [-0.4, -0.2) is 17.8 Å². The molecule has 3 atom stereocenters. The highest BCUT2D eigenvalue weighted by Crippen LogP contribution is 2.29. The summed E-state index contributed by atoms with van der Waals surface area (Å²) in [6.45, 7) is 2.49. The summed E-state index contributed by atoms with van der Waals surface area (Å²) in [7, 11) is 0. The monoisotopic (exact) mass is 157 g/mol. The molecule has 0 aliphatic heterocycles. The van der Waals surface area contributed by atoms with E-state index in [1.807, 2.05) is 0 Å². The zero-order valence-corrected chi connectivity index (χ0v) is 7.29. The van der Waals surface area contributed by atoms with E-state index in [1.165, 1.54) is 12.8 Å². The Morgan fingerprint density at radius 3 is 2.73 bits per heavy atom. The highest BCUT2D eigenvalue weighted by molar-refractivity contribution is 4.81. The van der Waals surface area contributed by atoms with Crippen LogP contribution in [0.25, 0.3) is 0 Å². The van der Waals surface area contributed by atoms with Crippen molar-refractivity contribution in [2.24, 2.45) is 17.6 Å². The molecule has 1 aliphatic rings. The van der Waals surface area contributed by atoms with E-state index in [0.29, 0.717) is 5.92 Å². The van der Waals surface area contributed by atoms with Gasteiger partial charge < -0.3 is 10.8 Å². The molecule has 2 heteroatoms. The van der Waals surface area contributed by atoms with Gasteiger partial charge in [0.1, 0.15) is 0 Å². The zero-order valence-electron chi connectivity index (χ0n) is 7.29. The van der Waals surface area contributed by atoms with Crippen molar-refractivity contribution in [2.75, 3.05) is 6.61 Å². The van der Waals surface area contributed by atoms with Crippen LogP contribution in [0, 0.1) is 11.8 Å². The van der Waals surface area contributed by atoms with E-state index in [4.69, 9.17) is 10.8 Å². The second-order valence-electron chi connectivity index (χ2n) is 3.69. The first kappa shape index (κ1) is 9.01. The molecular weight excluding hydrogens is 138 g/mol. The Hall–Kier alpha value is -0.0800. The van der Waals surface area contributed by atoms with Crippen molar-refractivity contribution < 1.29 is 5.11 Å². The van der Waals surface area contributed by atoms with Crippen molar-refractivity contribution in [1.29, 1.82) is 0 Å². The van der Waals surface area contributed by atoms with E-state index in [0.717, 1.165) is 18.8 Å². The third-order valence-corrected chi connectivity index (χ3v) is 2.96. The molecule has 0 aromatic carbocycles. The zero-order chi connectivity index (χ0) is 8.27. The Morgan fingerprint density at radius 2 is 2.18 bits per heavy atom. The minimum absolute atomic E-state index is 0.253. The molecule has 11 heavy (non-hydrogen) atoms. The van der Waals surface area contributed by atoms with Gasteiger partial charge in [0.25, 0.3) is 0 Å². The summed E-state index contributed by atoms with van der Waals surface area (Å²) >= 11 is 0. The second kappa shape index (κ2) is 4.07. The number of hydrogen-bond donors (Lipinski definition) is 2. The van der Waals surface area contributed by atoms with Gasteiger partial charge in [-0.3, -0.25) is 0 Å². The molecule has 0 amide bonds. The van der Waals surface area contributed by atoms with Gasteiger partial charge >= 0.3 is 0 Å². The van der Waals surface area contributed by atoms with Crippen molar-refractivity contribution in [2.45, 2.75) is 38.6 Å². The van der Waals surface area contributed by atoms with Gasteiger partial charge in [-0.25, -0.2) is 0 Å². The molecule has 1 fully saturated rings. The number of rotatable bonds is 2. The largest absolute Gasteiger partial charge is 0.396 e. The fourth-order valence-corrected chi connectivity index (χ4v) is 1.97. The summed E-state index contributed by atoms with van der Waals surface area (Å²) < 4.78 is 0. The Bertz CT molecular complexity index is 116. The highest BCUT2D eigenvalue weighted by Gasteiger charge is 2.26.